The molecule has 0 atom stereocenters. The number of methoxy groups -OCH3 is 1. The molecule has 0 aliphatic carbocycles. The van der Waals surface area contributed by atoms with Gasteiger partial charge >= 0.3 is 0 Å². The molecular weight excluding hydrogens is 426 g/mol. The van der Waals surface area contributed by atoms with Crippen molar-refractivity contribution >= 4 is 51.9 Å². The molecule has 1 aliphatic heterocycles. The van der Waals surface area contributed by atoms with E-state index in [0.29, 0.717) is 32.4 Å². The average Bonchev–Trinajstić information content (AvgIpc) is 2.94. The Labute approximate surface area is 185 Å². The molecule has 2 aromatic rings. The predicted octanol–water partition coefficient (Wildman–Crippen LogP) is 5.93. The van der Waals surface area contributed by atoms with Gasteiger partial charge in [-0.3, -0.25) is 9.69 Å². The molecule has 1 fully saturated rings. The van der Waals surface area contributed by atoms with E-state index < -0.39 is 0 Å². The van der Waals surface area contributed by atoms with E-state index in [1.54, 1.807) is 12.0 Å². The second-order valence-corrected chi connectivity index (χ2v) is 9.56. The van der Waals surface area contributed by atoms with Gasteiger partial charge in [0.2, 0.25) is 0 Å². The van der Waals surface area contributed by atoms with Crippen molar-refractivity contribution in [2.45, 2.75) is 32.9 Å². The van der Waals surface area contributed by atoms with Gasteiger partial charge in [-0.1, -0.05) is 59.8 Å². The molecule has 1 heterocycles. The van der Waals surface area contributed by atoms with Gasteiger partial charge in [0.25, 0.3) is 5.91 Å². The molecular formula is C22H22ClNO3S2. The maximum Gasteiger partial charge on any atom is 0.266 e. The number of thioether (sulfide) groups is 1. The van der Waals surface area contributed by atoms with Crippen LogP contribution in [0.2, 0.25) is 5.02 Å². The summed E-state index contributed by atoms with van der Waals surface area (Å²) in [6, 6.07) is 13.1. The van der Waals surface area contributed by atoms with Crippen LogP contribution >= 0.6 is 35.6 Å². The third-order valence-electron chi connectivity index (χ3n) is 4.29. The lowest BCUT2D eigenvalue weighted by Gasteiger charge is -2.30. The first-order valence-corrected chi connectivity index (χ1v) is 10.6. The summed E-state index contributed by atoms with van der Waals surface area (Å²) >= 11 is 12.9. The Morgan fingerprint density at radius 2 is 1.90 bits per heavy atom. The van der Waals surface area contributed by atoms with Crippen molar-refractivity contribution in [2.75, 3.05) is 7.11 Å². The predicted molar refractivity (Wildman–Crippen MR) is 124 cm³/mol. The summed E-state index contributed by atoms with van der Waals surface area (Å²) < 4.78 is 11.9. The minimum atomic E-state index is -0.356. The standard InChI is InChI=1S/C22H22ClNO3S2/c1-22(2,3)24-20(25)19(29-21(24)28)12-14-9-10-17(18(11-14)26-4)27-13-15-7-5-6-8-16(15)23/h5-12H,13H2,1-4H3. The number of carbonyl (C=O) groups is 1. The van der Waals surface area contributed by atoms with E-state index in [4.69, 9.17) is 33.3 Å². The number of thiocarbonyl (C=S) groups is 1. The lowest BCUT2D eigenvalue weighted by Crippen LogP contribution is -2.44. The smallest absolute Gasteiger partial charge is 0.266 e. The van der Waals surface area contributed by atoms with Crippen molar-refractivity contribution in [3.63, 3.8) is 0 Å². The number of ether oxygens (including phenoxy) is 2. The van der Waals surface area contributed by atoms with E-state index in [1.165, 1.54) is 11.8 Å². The molecule has 0 unspecified atom stereocenters. The van der Waals surface area contributed by atoms with Crippen LogP contribution in [0.15, 0.2) is 47.4 Å². The minimum absolute atomic E-state index is 0.0782. The Hall–Kier alpha value is -2.02. The molecule has 1 saturated heterocycles. The Morgan fingerprint density at radius 3 is 2.52 bits per heavy atom. The summed E-state index contributed by atoms with van der Waals surface area (Å²) in [4.78, 5) is 15.0. The van der Waals surface area contributed by atoms with E-state index in [9.17, 15) is 4.79 Å². The van der Waals surface area contributed by atoms with Crippen LogP contribution in [-0.2, 0) is 11.4 Å². The SMILES string of the molecule is COc1cc(C=C2SC(=S)N(C(C)(C)C)C2=O)ccc1OCc1ccccc1Cl. The molecule has 7 heteroatoms. The van der Waals surface area contributed by atoms with Crippen LogP contribution in [0.25, 0.3) is 6.08 Å². The van der Waals surface area contributed by atoms with E-state index in [-0.39, 0.29) is 11.4 Å². The maximum atomic E-state index is 12.8. The third-order valence-corrected chi connectivity index (χ3v) is 5.96. The summed E-state index contributed by atoms with van der Waals surface area (Å²) in [5, 5.41) is 0.656. The lowest BCUT2D eigenvalue weighted by atomic mass is 10.1. The second-order valence-electron chi connectivity index (χ2n) is 7.48. The van der Waals surface area contributed by atoms with Crippen molar-refractivity contribution in [1.82, 2.24) is 4.90 Å². The second kappa shape index (κ2) is 8.78. The molecule has 0 aromatic heterocycles. The number of carbonyl (C=O) groups excluding carboxylic acids is 1. The van der Waals surface area contributed by atoms with Crippen LogP contribution in [0.1, 0.15) is 31.9 Å². The summed E-state index contributed by atoms with van der Waals surface area (Å²) in [7, 11) is 1.58. The highest BCUT2D eigenvalue weighted by Crippen LogP contribution is 2.38. The zero-order valence-electron chi connectivity index (χ0n) is 16.7. The molecule has 0 bridgehead atoms. The number of hydrogen-bond donors (Lipinski definition) is 0. The van der Waals surface area contributed by atoms with Gasteiger partial charge in [-0.05, 0) is 50.6 Å². The van der Waals surface area contributed by atoms with Gasteiger partial charge in [-0.25, -0.2) is 0 Å². The Balaban J connectivity index is 1.80. The van der Waals surface area contributed by atoms with Crippen LogP contribution in [-0.4, -0.2) is 27.8 Å². The van der Waals surface area contributed by atoms with Crippen LogP contribution in [0.5, 0.6) is 11.5 Å². The summed E-state index contributed by atoms with van der Waals surface area (Å²) in [6.45, 7) is 6.23. The summed E-state index contributed by atoms with van der Waals surface area (Å²) in [6.07, 6.45) is 1.82. The molecule has 3 rings (SSSR count). The molecule has 4 nitrogen and oxygen atoms in total. The number of amides is 1. The fourth-order valence-electron chi connectivity index (χ4n) is 2.86. The Morgan fingerprint density at radius 1 is 1.17 bits per heavy atom. The van der Waals surface area contributed by atoms with Gasteiger partial charge in [0.15, 0.2) is 11.5 Å². The monoisotopic (exact) mass is 447 g/mol. The van der Waals surface area contributed by atoms with Crippen molar-refractivity contribution in [2.24, 2.45) is 0 Å². The maximum absolute atomic E-state index is 12.8. The summed E-state index contributed by atoms with van der Waals surface area (Å²) in [5.74, 6) is 1.11. The van der Waals surface area contributed by atoms with Gasteiger partial charge in [-0.15, -0.1) is 0 Å². The number of rotatable bonds is 5. The Bertz CT molecular complexity index is 982. The Kier molecular flexibility index (Phi) is 6.56. The van der Waals surface area contributed by atoms with Gasteiger partial charge in [0.05, 0.1) is 12.0 Å². The van der Waals surface area contributed by atoms with E-state index in [1.807, 2.05) is 69.3 Å². The molecule has 1 amide bonds. The molecule has 2 aromatic carbocycles. The van der Waals surface area contributed by atoms with Crippen molar-refractivity contribution in [1.29, 1.82) is 0 Å². The molecule has 0 saturated carbocycles. The summed E-state index contributed by atoms with van der Waals surface area (Å²) in [5.41, 5.74) is 1.37. The van der Waals surface area contributed by atoms with Crippen LogP contribution < -0.4 is 9.47 Å². The number of benzene rings is 2. The number of hydrogen-bond acceptors (Lipinski definition) is 5. The minimum Gasteiger partial charge on any atom is -0.493 e. The molecule has 0 spiro atoms. The van der Waals surface area contributed by atoms with Crippen molar-refractivity contribution in [3.05, 3.63) is 63.5 Å². The van der Waals surface area contributed by atoms with E-state index >= 15 is 0 Å². The van der Waals surface area contributed by atoms with E-state index in [0.717, 1.165) is 11.1 Å². The van der Waals surface area contributed by atoms with Crippen LogP contribution in [0, 0.1) is 0 Å². The number of nitrogens with zero attached hydrogens (tertiary/aromatic N) is 1. The molecule has 152 valence electrons. The van der Waals surface area contributed by atoms with Crippen LogP contribution in [0.4, 0.5) is 0 Å². The highest BCUT2D eigenvalue weighted by atomic mass is 35.5. The highest BCUT2D eigenvalue weighted by molar-refractivity contribution is 8.26. The number of halogens is 1. The molecule has 0 radical (unpaired) electrons. The van der Waals surface area contributed by atoms with Gasteiger partial charge in [-0.2, -0.15) is 0 Å². The molecule has 1 aliphatic rings. The van der Waals surface area contributed by atoms with Crippen molar-refractivity contribution < 1.29 is 14.3 Å². The zero-order valence-corrected chi connectivity index (χ0v) is 19.1. The molecule has 0 N–H and O–H groups in total. The average molecular weight is 448 g/mol. The fraction of sp³-hybridized carbons (Fsp3) is 0.273. The van der Waals surface area contributed by atoms with E-state index in [2.05, 4.69) is 0 Å². The lowest BCUT2D eigenvalue weighted by molar-refractivity contribution is -0.125. The normalized spacial score (nSPS) is 15.9. The third kappa shape index (κ3) is 4.94. The largest absolute Gasteiger partial charge is 0.493 e. The highest BCUT2D eigenvalue weighted by Gasteiger charge is 2.39. The van der Waals surface area contributed by atoms with Crippen LogP contribution in [0.3, 0.4) is 0 Å². The molecule has 29 heavy (non-hydrogen) atoms. The quantitative estimate of drug-likeness (QED) is 0.419. The zero-order chi connectivity index (χ0) is 21.2. The van der Waals surface area contributed by atoms with Gasteiger partial charge in [0, 0.05) is 16.1 Å². The topological polar surface area (TPSA) is 38.8 Å². The van der Waals surface area contributed by atoms with Gasteiger partial charge < -0.3 is 9.47 Å². The fourth-order valence-corrected chi connectivity index (χ4v) is 4.69. The van der Waals surface area contributed by atoms with Crippen molar-refractivity contribution in [3.8, 4) is 11.5 Å². The van der Waals surface area contributed by atoms with Gasteiger partial charge in [0.1, 0.15) is 10.9 Å². The first-order chi connectivity index (χ1) is 13.7. The first kappa shape index (κ1) is 21.7. The first-order valence-electron chi connectivity index (χ1n) is 9.03.